The van der Waals surface area contributed by atoms with Gasteiger partial charge in [-0.2, -0.15) is 5.10 Å². The second-order valence-corrected chi connectivity index (χ2v) is 10.9. The van der Waals surface area contributed by atoms with Gasteiger partial charge in [-0.1, -0.05) is 40.2 Å². The van der Waals surface area contributed by atoms with E-state index in [9.17, 15) is 14.7 Å². The molecule has 0 radical (unpaired) electrons. The Hall–Kier alpha value is -2.92. The number of nitrogens with zero attached hydrogens (tertiary/aromatic N) is 1. The lowest BCUT2D eigenvalue weighted by molar-refractivity contribution is 0.0950. The number of hydrogen-bond donors (Lipinski definition) is 4. The third-order valence-electron chi connectivity index (χ3n) is 5.03. The monoisotopic (exact) mass is 585 g/mol. The fourth-order valence-corrected chi connectivity index (χ4v) is 5.37. The number of carbonyl (C=O) groups is 2. The van der Waals surface area contributed by atoms with Gasteiger partial charge in [0.25, 0.3) is 11.8 Å². The highest BCUT2D eigenvalue weighted by atomic mass is 79.9. The van der Waals surface area contributed by atoms with Crippen LogP contribution in [0.2, 0.25) is 0 Å². The molecule has 0 saturated carbocycles. The van der Waals surface area contributed by atoms with E-state index in [2.05, 4.69) is 44.4 Å². The van der Waals surface area contributed by atoms with Crippen LogP contribution >= 0.6 is 51.2 Å². The van der Waals surface area contributed by atoms with Gasteiger partial charge in [-0.05, 0) is 54.4 Å². The van der Waals surface area contributed by atoms with Gasteiger partial charge in [0.2, 0.25) is 0 Å². The summed E-state index contributed by atoms with van der Waals surface area (Å²) in [5.74, 6) is -0.570. The lowest BCUT2D eigenvalue weighted by Gasteiger charge is -2.04. The van der Waals surface area contributed by atoms with Crippen molar-refractivity contribution in [2.75, 3.05) is 0 Å². The summed E-state index contributed by atoms with van der Waals surface area (Å²) in [5, 5.41) is 19.5. The highest BCUT2D eigenvalue weighted by Crippen LogP contribution is 2.39. The van der Waals surface area contributed by atoms with Gasteiger partial charge in [0.05, 0.1) is 25.9 Å². The number of aromatic hydroxyl groups is 1. The van der Waals surface area contributed by atoms with Gasteiger partial charge in [0.15, 0.2) is 0 Å². The molecule has 0 fully saturated rings. The van der Waals surface area contributed by atoms with E-state index in [-0.39, 0.29) is 11.7 Å². The smallest absolute Gasteiger partial charge is 0.281 e. The van der Waals surface area contributed by atoms with E-state index < -0.39 is 5.91 Å². The molecule has 2 aromatic heterocycles. The highest BCUT2D eigenvalue weighted by Gasteiger charge is 2.16. The molecule has 3 N–H and O–H groups in total. The molecule has 0 aliphatic carbocycles. The average molecular weight is 587 g/mol. The summed E-state index contributed by atoms with van der Waals surface area (Å²) in [6, 6.07) is 18.3. The molecule has 4 aromatic rings. The van der Waals surface area contributed by atoms with E-state index in [0.717, 1.165) is 36.7 Å². The van der Waals surface area contributed by atoms with E-state index in [1.807, 2.05) is 48.5 Å². The maximum Gasteiger partial charge on any atom is 0.281 e. The van der Waals surface area contributed by atoms with Crippen molar-refractivity contribution in [2.45, 2.75) is 18.4 Å². The van der Waals surface area contributed by atoms with Crippen LogP contribution in [0.15, 0.2) is 80.5 Å². The highest BCUT2D eigenvalue weighted by molar-refractivity contribution is 9.10. The van der Waals surface area contributed by atoms with Crippen LogP contribution < -0.4 is 10.7 Å². The van der Waals surface area contributed by atoms with Crippen LogP contribution in [0, 0.1) is 0 Å². The Kier molecular flexibility index (Phi) is 8.07. The molecular weight excluding hydrogens is 566 g/mol. The van der Waals surface area contributed by atoms with Crippen molar-refractivity contribution in [3.63, 3.8) is 0 Å². The number of thiol groups is 1. The van der Waals surface area contributed by atoms with Gasteiger partial charge < -0.3 is 10.4 Å². The van der Waals surface area contributed by atoms with E-state index in [1.165, 1.54) is 11.3 Å². The zero-order chi connectivity index (χ0) is 24.9. The maximum atomic E-state index is 12.6. The molecule has 0 bridgehead atoms. The second-order valence-electron chi connectivity index (χ2n) is 7.49. The first-order chi connectivity index (χ1) is 16.8. The van der Waals surface area contributed by atoms with E-state index in [0.29, 0.717) is 27.6 Å². The number of thiophene rings is 2. The lowest BCUT2D eigenvalue weighted by atomic mass is 10.1. The number of amides is 2. The number of benzene rings is 2. The number of halogens is 1. The molecule has 0 atom stereocenters. The van der Waals surface area contributed by atoms with Gasteiger partial charge in [-0.25, -0.2) is 5.43 Å². The molecule has 0 unspecified atom stereocenters. The van der Waals surface area contributed by atoms with E-state index in [1.54, 1.807) is 24.4 Å². The van der Waals surface area contributed by atoms with Gasteiger partial charge in [0, 0.05) is 21.3 Å². The molecule has 2 heterocycles. The molecule has 35 heavy (non-hydrogen) atoms. The Labute approximate surface area is 224 Å². The number of hydrogen-bond acceptors (Lipinski definition) is 7. The van der Waals surface area contributed by atoms with Gasteiger partial charge in [-0.3, -0.25) is 9.59 Å². The first-order valence-corrected chi connectivity index (χ1v) is 13.3. The summed E-state index contributed by atoms with van der Waals surface area (Å²) in [6.45, 7) is 2.09. The summed E-state index contributed by atoms with van der Waals surface area (Å²) < 4.78 is 0.954. The Morgan fingerprint density at radius 3 is 2.34 bits per heavy atom. The summed E-state index contributed by atoms with van der Waals surface area (Å²) in [4.78, 5) is 27.4. The van der Waals surface area contributed by atoms with Crippen LogP contribution in [0.5, 0.6) is 5.75 Å². The number of rotatable bonds is 7. The van der Waals surface area contributed by atoms with Gasteiger partial charge in [0.1, 0.15) is 5.75 Å². The van der Waals surface area contributed by atoms with Crippen molar-refractivity contribution in [1.29, 1.82) is 0 Å². The Morgan fingerprint density at radius 2 is 1.66 bits per heavy atom. The van der Waals surface area contributed by atoms with Crippen LogP contribution in [0.4, 0.5) is 0 Å². The topological polar surface area (TPSA) is 90.8 Å². The van der Waals surface area contributed by atoms with E-state index >= 15 is 0 Å². The quantitative estimate of drug-likeness (QED) is 0.116. The minimum atomic E-state index is -0.430. The lowest BCUT2D eigenvalue weighted by Crippen LogP contribution is -2.21. The van der Waals surface area contributed by atoms with Crippen molar-refractivity contribution in [3.8, 4) is 16.2 Å². The molecule has 2 aromatic carbocycles. The van der Waals surface area contributed by atoms with Crippen LogP contribution in [0.25, 0.3) is 10.4 Å². The normalized spacial score (nSPS) is 11.3. The zero-order valence-electron chi connectivity index (χ0n) is 18.4. The molecule has 0 aliphatic heterocycles. The van der Waals surface area contributed by atoms with Crippen molar-refractivity contribution in [2.24, 2.45) is 5.10 Å². The van der Waals surface area contributed by atoms with Crippen molar-refractivity contribution in [1.82, 2.24) is 10.7 Å². The maximum absolute atomic E-state index is 12.6. The summed E-state index contributed by atoms with van der Waals surface area (Å²) >= 11 is 10.1. The van der Waals surface area contributed by atoms with Crippen LogP contribution in [0.1, 0.15) is 37.4 Å². The average Bonchev–Trinajstić information content (AvgIpc) is 3.50. The van der Waals surface area contributed by atoms with Crippen molar-refractivity contribution < 1.29 is 14.7 Å². The first kappa shape index (κ1) is 25.2. The Morgan fingerprint density at radius 1 is 1.00 bits per heavy atom. The summed E-state index contributed by atoms with van der Waals surface area (Å²) in [6.07, 6.45) is 0. The van der Waals surface area contributed by atoms with Crippen LogP contribution in [-0.2, 0) is 6.54 Å². The Balaban J connectivity index is 1.38. The number of hydrazone groups is 1. The summed E-state index contributed by atoms with van der Waals surface area (Å²) in [5.41, 5.74) is 5.37. The largest absolute Gasteiger partial charge is 0.506 e. The molecule has 2 amide bonds. The van der Waals surface area contributed by atoms with Gasteiger partial charge in [-0.15, -0.1) is 35.3 Å². The second kappa shape index (κ2) is 11.2. The van der Waals surface area contributed by atoms with Gasteiger partial charge >= 0.3 is 0 Å². The third kappa shape index (κ3) is 6.21. The number of carbonyl (C=O) groups excluding carboxylic acids is 2. The van der Waals surface area contributed by atoms with Crippen LogP contribution in [-0.4, -0.2) is 22.6 Å². The molecule has 178 valence electrons. The zero-order valence-corrected chi connectivity index (χ0v) is 22.5. The fraction of sp³-hybridized carbons (Fsp3) is 0.0800. The summed E-state index contributed by atoms with van der Waals surface area (Å²) in [7, 11) is 0. The molecule has 0 spiro atoms. The third-order valence-corrected chi connectivity index (χ3v) is 7.96. The van der Waals surface area contributed by atoms with Crippen molar-refractivity contribution >= 4 is 68.8 Å². The van der Waals surface area contributed by atoms with Crippen molar-refractivity contribution in [3.05, 3.63) is 91.4 Å². The standard InChI is InChI=1S/C25H20BrN3O3S3/c1-14(19-13-34-23(22(19)30)16-4-6-17(26)7-5-16)28-29-25(32)21-11-10-20(35-21)24(31)27-12-15-2-8-18(33)9-3-15/h2-11,13,30,33H,12H2,1H3,(H,27,31)(H,29,32)/b28-14+. The Bertz CT molecular complexity index is 1390. The molecule has 10 heteroatoms. The van der Waals surface area contributed by atoms with E-state index in [4.69, 9.17) is 0 Å². The number of nitrogens with one attached hydrogen (secondary N) is 2. The predicted molar refractivity (Wildman–Crippen MR) is 148 cm³/mol. The molecule has 6 nitrogen and oxygen atoms in total. The SMILES string of the molecule is C/C(=N\NC(=O)c1ccc(C(=O)NCc2ccc(S)cc2)s1)c1csc(-c2ccc(Br)cc2)c1O. The molecular formula is C25H20BrN3O3S3. The first-order valence-electron chi connectivity index (χ1n) is 10.4. The predicted octanol–water partition coefficient (Wildman–Crippen LogP) is 6.32. The fourth-order valence-electron chi connectivity index (χ4n) is 3.13. The molecule has 0 saturated heterocycles. The minimum absolute atomic E-state index is 0.118. The minimum Gasteiger partial charge on any atom is -0.506 e. The van der Waals surface area contributed by atoms with Crippen LogP contribution in [0.3, 0.4) is 0 Å². The molecule has 0 aliphatic rings. The molecule has 4 rings (SSSR count).